The number of carboxylic acid groups (broad SMARTS) is 2. The molecule has 1 amide bonds. The van der Waals surface area contributed by atoms with Crippen molar-refractivity contribution >= 4 is 29.2 Å². The second kappa shape index (κ2) is 8.01. The van der Waals surface area contributed by atoms with Crippen LogP contribution in [0.2, 0.25) is 0 Å². The highest BCUT2D eigenvalue weighted by Gasteiger charge is 2.49. The molecular weight excluding hydrogens is 380 g/mol. The van der Waals surface area contributed by atoms with Crippen LogP contribution in [0.1, 0.15) is 28.8 Å². The van der Waals surface area contributed by atoms with Gasteiger partial charge in [0.25, 0.3) is 0 Å². The zero-order chi connectivity index (χ0) is 21.0. The van der Waals surface area contributed by atoms with Crippen LogP contribution in [0.15, 0.2) is 53.7 Å². The van der Waals surface area contributed by atoms with E-state index in [0.29, 0.717) is 22.7 Å². The largest absolute Gasteiger partial charge is 0.497 e. The summed E-state index contributed by atoms with van der Waals surface area (Å²) in [4.78, 5) is 40.3. The van der Waals surface area contributed by atoms with Crippen LogP contribution in [0.3, 0.4) is 0 Å². The Morgan fingerprint density at radius 3 is 2.31 bits per heavy atom. The van der Waals surface area contributed by atoms with E-state index in [9.17, 15) is 19.5 Å². The number of rotatable bonds is 7. The van der Waals surface area contributed by atoms with Gasteiger partial charge in [-0.3, -0.25) is 4.79 Å². The van der Waals surface area contributed by atoms with Gasteiger partial charge < -0.3 is 25.1 Å². The summed E-state index contributed by atoms with van der Waals surface area (Å²) in [6.07, 6.45) is -0.549. The molecule has 0 aromatic heterocycles. The number of nitrogens with one attached hydrogen (secondary N) is 1. The third-order valence-corrected chi connectivity index (χ3v) is 4.46. The van der Waals surface area contributed by atoms with Crippen molar-refractivity contribution in [2.75, 3.05) is 12.4 Å². The molecule has 1 unspecified atom stereocenters. The lowest BCUT2D eigenvalue weighted by Crippen LogP contribution is -2.42. The van der Waals surface area contributed by atoms with Gasteiger partial charge in [-0.25, -0.2) is 9.59 Å². The summed E-state index contributed by atoms with van der Waals surface area (Å²) >= 11 is 0. The smallest absolute Gasteiger partial charge is 0.351 e. The number of anilines is 1. The summed E-state index contributed by atoms with van der Waals surface area (Å²) in [7, 11) is 1.54. The molecule has 150 valence electrons. The maximum atomic E-state index is 12.4. The van der Waals surface area contributed by atoms with Crippen molar-refractivity contribution in [3.8, 4) is 5.75 Å². The Hall–Kier alpha value is -3.88. The number of carbonyl (C=O) groups excluding carboxylic acids is 1. The Labute approximate surface area is 165 Å². The number of oxime groups is 1. The summed E-state index contributed by atoms with van der Waals surface area (Å²) < 4.78 is 5.09. The van der Waals surface area contributed by atoms with E-state index in [-0.39, 0.29) is 12.0 Å². The predicted octanol–water partition coefficient (Wildman–Crippen LogP) is 2.37. The molecule has 0 fully saturated rings. The first-order valence-corrected chi connectivity index (χ1v) is 8.59. The number of benzene rings is 2. The van der Waals surface area contributed by atoms with Crippen LogP contribution >= 0.6 is 0 Å². The molecule has 0 saturated carbocycles. The van der Waals surface area contributed by atoms with Crippen molar-refractivity contribution in [3.63, 3.8) is 0 Å². The van der Waals surface area contributed by atoms with Crippen LogP contribution in [0.5, 0.6) is 5.75 Å². The molecule has 3 N–H and O–H groups in total. The van der Waals surface area contributed by atoms with Gasteiger partial charge in [0.05, 0.1) is 24.8 Å². The predicted molar refractivity (Wildman–Crippen MR) is 102 cm³/mol. The molecule has 29 heavy (non-hydrogen) atoms. The minimum atomic E-state index is -1.82. The zero-order valence-corrected chi connectivity index (χ0v) is 15.4. The lowest BCUT2D eigenvalue weighted by atomic mass is 9.90. The van der Waals surface area contributed by atoms with E-state index in [1.807, 2.05) is 0 Å². The molecule has 1 atom stereocenters. The molecule has 0 saturated heterocycles. The fraction of sp³-hybridized carbons (Fsp3) is 0.200. The number of hydrogen-bond donors (Lipinski definition) is 3. The third kappa shape index (κ3) is 4.34. The van der Waals surface area contributed by atoms with Crippen molar-refractivity contribution in [2.45, 2.75) is 18.4 Å². The first-order chi connectivity index (χ1) is 13.8. The zero-order valence-electron chi connectivity index (χ0n) is 15.4. The van der Waals surface area contributed by atoms with E-state index < -0.39 is 29.9 Å². The number of ether oxygens (including phenoxy) is 1. The summed E-state index contributed by atoms with van der Waals surface area (Å²) in [6.45, 7) is 0. The Bertz CT molecular complexity index is 967. The van der Waals surface area contributed by atoms with Crippen molar-refractivity contribution in [3.05, 3.63) is 59.7 Å². The highest BCUT2D eigenvalue weighted by Crippen LogP contribution is 2.31. The number of hydrogen-bond acceptors (Lipinski definition) is 6. The highest BCUT2D eigenvalue weighted by molar-refractivity contribution is 6.06. The summed E-state index contributed by atoms with van der Waals surface area (Å²) in [6, 6.07) is 12.4. The van der Waals surface area contributed by atoms with E-state index in [4.69, 9.17) is 14.7 Å². The average molecular weight is 398 g/mol. The molecule has 2 aromatic rings. The van der Waals surface area contributed by atoms with Crippen LogP contribution in [-0.4, -0.2) is 46.5 Å². The quantitative estimate of drug-likeness (QED) is 0.652. The van der Waals surface area contributed by atoms with Crippen molar-refractivity contribution in [2.24, 2.45) is 5.16 Å². The molecule has 0 bridgehead atoms. The molecule has 9 nitrogen and oxygen atoms in total. The number of aromatic carboxylic acids is 1. The molecule has 9 heteroatoms. The second-order valence-electron chi connectivity index (χ2n) is 6.44. The number of carboxylic acids is 2. The first-order valence-electron chi connectivity index (χ1n) is 8.59. The minimum absolute atomic E-state index is 0.0710. The van der Waals surface area contributed by atoms with Gasteiger partial charge in [0.1, 0.15) is 5.75 Å². The molecule has 3 rings (SSSR count). The normalized spacial score (nSPS) is 17.8. The monoisotopic (exact) mass is 398 g/mol. The number of carbonyl (C=O) groups is 3. The second-order valence-corrected chi connectivity index (χ2v) is 6.44. The highest BCUT2D eigenvalue weighted by atomic mass is 16.7. The summed E-state index contributed by atoms with van der Waals surface area (Å²) in [5.74, 6) is -2.34. The number of nitrogens with zero attached hydrogens (tertiary/aromatic N) is 1. The van der Waals surface area contributed by atoms with E-state index in [1.54, 1.807) is 24.3 Å². The number of aliphatic carboxylic acids is 1. The van der Waals surface area contributed by atoms with Gasteiger partial charge in [-0.15, -0.1) is 0 Å². The number of amides is 1. The first kappa shape index (κ1) is 19.9. The van der Waals surface area contributed by atoms with Crippen molar-refractivity contribution < 1.29 is 34.2 Å². The van der Waals surface area contributed by atoms with Gasteiger partial charge in [-0.05, 0) is 54.1 Å². The van der Waals surface area contributed by atoms with Gasteiger partial charge in [0.15, 0.2) is 0 Å². The van der Waals surface area contributed by atoms with Crippen LogP contribution < -0.4 is 10.1 Å². The van der Waals surface area contributed by atoms with E-state index in [0.717, 1.165) is 0 Å². The molecular formula is C20H18N2O7. The van der Waals surface area contributed by atoms with Crippen LogP contribution in [-0.2, 0) is 14.4 Å². The third-order valence-electron chi connectivity index (χ3n) is 4.46. The number of methoxy groups -OCH3 is 1. The van der Waals surface area contributed by atoms with Gasteiger partial charge in [0.2, 0.25) is 11.5 Å². The van der Waals surface area contributed by atoms with Crippen LogP contribution in [0.25, 0.3) is 0 Å². The standard InChI is InChI=1S/C20H18N2O7/c1-28-15-8-4-12(5-9-15)16-10-20(19(26)27,29-22-16)11-17(23)21-14-6-2-13(3-7-14)18(24)25/h2-9H,10-11H2,1H3,(H,21,23)(H,24,25)(H,26,27). The van der Waals surface area contributed by atoms with E-state index in [1.165, 1.54) is 31.4 Å². The summed E-state index contributed by atoms with van der Waals surface area (Å²) in [5, 5.41) is 25.0. The lowest BCUT2D eigenvalue weighted by Gasteiger charge is -2.21. The van der Waals surface area contributed by atoms with Gasteiger partial charge in [-0.1, -0.05) is 5.16 Å². The average Bonchev–Trinajstić information content (AvgIpc) is 3.13. The molecule has 0 aliphatic carbocycles. The molecule has 0 radical (unpaired) electrons. The SMILES string of the molecule is COc1ccc(C2=NOC(CC(=O)Nc3ccc(C(=O)O)cc3)(C(=O)O)C2)cc1. The van der Waals surface area contributed by atoms with Gasteiger partial charge in [-0.2, -0.15) is 0 Å². The van der Waals surface area contributed by atoms with Crippen LogP contribution in [0, 0.1) is 0 Å². The summed E-state index contributed by atoms with van der Waals surface area (Å²) in [5.41, 5.74) is -0.330. The fourth-order valence-electron chi connectivity index (χ4n) is 2.86. The lowest BCUT2D eigenvalue weighted by molar-refractivity contribution is -0.165. The maximum absolute atomic E-state index is 12.4. The molecule has 1 aliphatic rings. The molecule has 0 spiro atoms. The fourth-order valence-corrected chi connectivity index (χ4v) is 2.86. The van der Waals surface area contributed by atoms with E-state index >= 15 is 0 Å². The Kier molecular flexibility index (Phi) is 5.49. The van der Waals surface area contributed by atoms with Crippen LogP contribution in [0.4, 0.5) is 5.69 Å². The van der Waals surface area contributed by atoms with Crippen molar-refractivity contribution in [1.29, 1.82) is 0 Å². The van der Waals surface area contributed by atoms with E-state index in [2.05, 4.69) is 10.5 Å². The van der Waals surface area contributed by atoms with Gasteiger partial charge >= 0.3 is 11.9 Å². The Balaban J connectivity index is 1.69. The topological polar surface area (TPSA) is 135 Å². The molecule has 1 aliphatic heterocycles. The molecule has 2 aromatic carbocycles. The van der Waals surface area contributed by atoms with Gasteiger partial charge in [0, 0.05) is 12.1 Å². The molecule has 1 heterocycles. The Morgan fingerprint density at radius 2 is 1.76 bits per heavy atom. The Morgan fingerprint density at radius 1 is 1.10 bits per heavy atom. The maximum Gasteiger partial charge on any atom is 0.351 e. The van der Waals surface area contributed by atoms with Crippen molar-refractivity contribution in [1.82, 2.24) is 0 Å². The minimum Gasteiger partial charge on any atom is -0.497 e.